The molecular formula is C19H25N3O4. The van der Waals surface area contributed by atoms with Gasteiger partial charge >= 0.3 is 12.0 Å². The fourth-order valence-electron chi connectivity index (χ4n) is 3.62. The van der Waals surface area contributed by atoms with Crippen molar-refractivity contribution in [1.29, 1.82) is 0 Å². The first kappa shape index (κ1) is 18.2. The Balaban J connectivity index is 1.50. The van der Waals surface area contributed by atoms with Gasteiger partial charge in [0.1, 0.15) is 0 Å². The minimum Gasteiger partial charge on any atom is -0.481 e. The summed E-state index contributed by atoms with van der Waals surface area (Å²) in [6.45, 7) is 2.89. The van der Waals surface area contributed by atoms with Crippen molar-refractivity contribution in [2.75, 3.05) is 31.5 Å². The molecular weight excluding hydrogens is 334 g/mol. The average molecular weight is 359 g/mol. The standard InChI is InChI=1S/C19H25N3O4/c23-17(24)13-14-4-3-5-16(12-14)20-18(25)15-6-10-22(11-7-15)19(26)21-8-1-2-9-21/h3-5,12,15H,1-2,6-11,13H2,(H,20,25)(H,23,24). The number of carboxylic acids is 1. The highest BCUT2D eigenvalue weighted by Gasteiger charge is 2.30. The zero-order valence-corrected chi connectivity index (χ0v) is 14.8. The van der Waals surface area contributed by atoms with E-state index in [1.54, 1.807) is 24.3 Å². The van der Waals surface area contributed by atoms with E-state index in [1.165, 1.54) is 0 Å². The number of urea groups is 1. The lowest BCUT2D eigenvalue weighted by Gasteiger charge is -2.34. The van der Waals surface area contributed by atoms with Crippen molar-refractivity contribution in [1.82, 2.24) is 9.80 Å². The Bertz CT molecular complexity index is 677. The van der Waals surface area contributed by atoms with Crippen molar-refractivity contribution in [2.45, 2.75) is 32.1 Å². The van der Waals surface area contributed by atoms with Crippen LogP contribution in [0.5, 0.6) is 0 Å². The SMILES string of the molecule is O=C(O)Cc1cccc(NC(=O)C2CCN(C(=O)N3CCCC3)CC2)c1. The summed E-state index contributed by atoms with van der Waals surface area (Å²) < 4.78 is 0. The maximum atomic E-state index is 12.5. The summed E-state index contributed by atoms with van der Waals surface area (Å²) in [5.41, 5.74) is 1.27. The third-order valence-electron chi connectivity index (χ3n) is 5.06. The first-order chi connectivity index (χ1) is 12.5. The summed E-state index contributed by atoms with van der Waals surface area (Å²) in [6, 6.07) is 7.02. The van der Waals surface area contributed by atoms with Gasteiger partial charge in [0, 0.05) is 37.8 Å². The summed E-state index contributed by atoms with van der Waals surface area (Å²) in [5.74, 6) is -1.09. The smallest absolute Gasteiger partial charge is 0.319 e. The van der Waals surface area contributed by atoms with Gasteiger partial charge < -0.3 is 20.2 Å². The number of aliphatic carboxylic acids is 1. The van der Waals surface area contributed by atoms with Crippen molar-refractivity contribution in [3.63, 3.8) is 0 Å². The Morgan fingerprint density at radius 3 is 2.35 bits per heavy atom. The number of benzene rings is 1. The highest BCUT2D eigenvalue weighted by atomic mass is 16.4. The Kier molecular flexibility index (Phi) is 5.75. The lowest BCUT2D eigenvalue weighted by Crippen LogP contribution is -2.47. The third-order valence-corrected chi connectivity index (χ3v) is 5.06. The van der Waals surface area contributed by atoms with Crippen LogP contribution in [0, 0.1) is 5.92 Å². The molecule has 0 spiro atoms. The van der Waals surface area contributed by atoms with E-state index in [-0.39, 0.29) is 24.3 Å². The number of likely N-dealkylation sites (tertiary alicyclic amines) is 2. The molecule has 2 heterocycles. The molecule has 140 valence electrons. The number of amides is 3. The number of nitrogens with one attached hydrogen (secondary N) is 1. The van der Waals surface area contributed by atoms with Gasteiger partial charge in [0.15, 0.2) is 0 Å². The third kappa shape index (κ3) is 4.53. The number of carboxylic acid groups (broad SMARTS) is 1. The molecule has 2 aliphatic heterocycles. The molecule has 2 N–H and O–H groups in total. The van der Waals surface area contributed by atoms with Crippen LogP contribution in [0.15, 0.2) is 24.3 Å². The predicted octanol–water partition coefficient (Wildman–Crippen LogP) is 2.18. The van der Waals surface area contributed by atoms with Gasteiger partial charge in [-0.3, -0.25) is 9.59 Å². The fraction of sp³-hybridized carbons (Fsp3) is 0.526. The molecule has 0 saturated carbocycles. The van der Waals surface area contributed by atoms with Crippen LogP contribution >= 0.6 is 0 Å². The van der Waals surface area contributed by atoms with E-state index < -0.39 is 5.97 Å². The molecule has 0 atom stereocenters. The van der Waals surface area contributed by atoms with Crippen molar-refractivity contribution < 1.29 is 19.5 Å². The van der Waals surface area contributed by atoms with E-state index >= 15 is 0 Å². The van der Waals surface area contributed by atoms with Crippen LogP contribution in [0.1, 0.15) is 31.2 Å². The van der Waals surface area contributed by atoms with Crippen molar-refractivity contribution in [3.05, 3.63) is 29.8 Å². The van der Waals surface area contributed by atoms with E-state index in [2.05, 4.69) is 5.32 Å². The monoisotopic (exact) mass is 359 g/mol. The van der Waals surface area contributed by atoms with Crippen LogP contribution in [0.25, 0.3) is 0 Å². The second kappa shape index (κ2) is 8.21. The van der Waals surface area contributed by atoms with Crippen LogP contribution in [0.2, 0.25) is 0 Å². The summed E-state index contributed by atoms with van der Waals surface area (Å²) >= 11 is 0. The maximum Gasteiger partial charge on any atom is 0.319 e. The Morgan fingerprint density at radius 2 is 1.69 bits per heavy atom. The zero-order chi connectivity index (χ0) is 18.5. The quantitative estimate of drug-likeness (QED) is 0.862. The summed E-state index contributed by atoms with van der Waals surface area (Å²) in [7, 11) is 0. The molecule has 1 aromatic rings. The molecule has 7 nitrogen and oxygen atoms in total. The molecule has 3 amide bonds. The first-order valence-corrected chi connectivity index (χ1v) is 9.18. The molecule has 0 unspecified atom stereocenters. The van der Waals surface area contributed by atoms with Gasteiger partial charge in [-0.2, -0.15) is 0 Å². The molecule has 2 fully saturated rings. The van der Waals surface area contributed by atoms with Gasteiger partial charge in [0.2, 0.25) is 5.91 Å². The molecule has 0 aliphatic carbocycles. The van der Waals surface area contributed by atoms with Crippen molar-refractivity contribution >= 4 is 23.6 Å². The van der Waals surface area contributed by atoms with Crippen LogP contribution in [0.3, 0.4) is 0 Å². The minimum absolute atomic E-state index is 0.0641. The Labute approximate surface area is 153 Å². The zero-order valence-electron chi connectivity index (χ0n) is 14.8. The van der Waals surface area contributed by atoms with E-state index in [0.717, 1.165) is 25.9 Å². The van der Waals surface area contributed by atoms with Crippen molar-refractivity contribution in [2.24, 2.45) is 5.92 Å². The normalized spacial score (nSPS) is 18.0. The first-order valence-electron chi connectivity index (χ1n) is 9.18. The van der Waals surface area contributed by atoms with Gasteiger partial charge in [-0.05, 0) is 43.4 Å². The number of carbonyl (C=O) groups is 3. The highest BCUT2D eigenvalue weighted by Crippen LogP contribution is 2.22. The summed E-state index contributed by atoms with van der Waals surface area (Å²) in [6.07, 6.45) is 3.39. The van der Waals surface area contributed by atoms with E-state index in [4.69, 9.17) is 5.11 Å². The molecule has 0 radical (unpaired) electrons. The second-order valence-electron chi connectivity index (χ2n) is 7.00. The van der Waals surface area contributed by atoms with Crippen molar-refractivity contribution in [3.8, 4) is 0 Å². The molecule has 2 aliphatic rings. The fourth-order valence-corrected chi connectivity index (χ4v) is 3.62. The Morgan fingerprint density at radius 1 is 1.04 bits per heavy atom. The second-order valence-corrected chi connectivity index (χ2v) is 7.00. The van der Waals surface area contributed by atoms with Gasteiger partial charge in [-0.25, -0.2) is 4.79 Å². The number of anilines is 1. The number of carbonyl (C=O) groups excluding carboxylic acids is 2. The predicted molar refractivity (Wildman–Crippen MR) is 96.9 cm³/mol. The van der Waals surface area contributed by atoms with Gasteiger partial charge in [0.25, 0.3) is 0 Å². The van der Waals surface area contributed by atoms with Gasteiger partial charge in [0.05, 0.1) is 6.42 Å². The van der Waals surface area contributed by atoms with Gasteiger partial charge in [-0.1, -0.05) is 12.1 Å². The number of rotatable bonds is 4. The minimum atomic E-state index is -0.900. The van der Waals surface area contributed by atoms with Crippen LogP contribution < -0.4 is 5.32 Å². The molecule has 0 aromatic heterocycles. The number of nitrogens with zero attached hydrogens (tertiary/aromatic N) is 2. The van der Waals surface area contributed by atoms with E-state index in [9.17, 15) is 14.4 Å². The molecule has 2 saturated heterocycles. The summed E-state index contributed by atoms with van der Waals surface area (Å²) in [4.78, 5) is 39.4. The van der Waals surface area contributed by atoms with E-state index in [0.29, 0.717) is 37.2 Å². The number of hydrogen-bond acceptors (Lipinski definition) is 3. The number of hydrogen-bond donors (Lipinski definition) is 2. The Hall–Kier alpha value is -2.57. The molecule has 7 heteroatoms. The van der Waals surface area contributed by atoms with Crippen LogP contribution in [0.4, 0.5) is 10.5 Å². The lowest BCUT2D eigenvalue weighted by molar-refractivity contribution is -0.136. The molecule has 0 bridgehead atoms. The maximum absolute atomic E-state index is 12.5. The average Bonchev–Trinajstić information content (AvgIpc) is 3.15. The topological polar surface area (TPSA) is 90.0 Å². The molecule has 1 aromatic carbocycles. The number of piperidine rings is 1. The van der Waals surface area contributed by atoms with Crippen LogP contribution in [-0.4, -0.2) is 59.0 Å². The lowest BCUT2D eigenvalue weighted by atomic mass is 9.96. The van der Waals surface area contributed by atoms with E-state index in [1.807, 2.05) is 9.80 Å². The van der Waals surface area contributed by atoms with Crippen LogP contribution in [-0.2, 0) is 16.0 Å². The largest absolute Gasteiger partial charge is 0.481 e. The highest BCUT2D eigenvalue weighted by molar-refractivity contribution is 5.93. The summed E-state index contributed by atoms with van der Waals surface area (Å²) in [5, 5.41) is 11.7. The van der Waals surface area contributed by atoms with Gasteiger partial charge in [-0.15, -0.1) is 0 Å². The molecule has 26 heavy (non-hydrogen) atoms. The molecule has 3 rings (SSSR count).